The van der Waals surface area contributed by atoms with Crippen LogP contribution in [0.2, 0.25) is 0 Å². The zero-order valence-corrected chi connectivity index (χ0v) is 18.3. The minimum absolute atomic E-state index is 0.135. The average Bonchev–Trinajstić information content (AvgIpc) is 3.33. The molecule has 0 unspecified atom stereocenters. The van der Waals surface area contributed by atoms with Crippen molar-refractivity contribution >= 4 is 11.6 Å². The van der Waals surface area contributed by atoms with Crippen LogP contribution >= 0.6 is 0 Å². The number of amides is 1. The Morgan fingerprint density at radius 1 is 1.03 bits per heavy atom. The highest BCUT2D eigenvalue weighted by Gasteiger charge is 2.47. The number of nitrogens with one attached hydrogen (secondary N) is 1. The van der Waals surface area contributed by atoms with Gasteiger partial charge < -0.3 is 10.2 Å². The fourth-order valence-electron chi connectivity index (χ4n) is 6.65. The second-order valence-electron chi connectivity index (χ2n) is 10.2. The molecule has 4 fully saturated rings. The molecule has 5 rings (SSSR count). The molecule has 5 heteroatoms. The fourth-order valence-corrected chi connectivity index (χ4v) is 6.65. The van der Waals surface area contributed by atoms with Gasteiger partial charge in [-0.15, -0.1) is 0 Å². The number of benzene rings is 1. The lowest BCUT2D eigenvalue weighted by Crippen LogP contribution is -2.42. The molecule has 1 amide bonds. The minimum Gasteiger partial charge on any atom is -0.317 e. The lowest BCUT2D eigenvalue weighted by molar-refractivity contribution is -0.126. The largest absolute Gasteiger partial charge is 0.317 e. The van der Waals surface area contributed by atoms with Crippen LogP contribution in [0.15, 0.2) is 18.2 Å². The monoisotopic (exact) mass is 413 g/mol. The van der Waals surface area contributed by atoms with Gasteiger partial charge in [0.25, 0.3) is 0 Å². The molecule has 1 atom stereocenters. The molecule has 0 bridgehead atoms. The number of anilines is 1. The van der Waals surface area contributed by atoms with E-state index in [4.69, 9.17) is 0 Å². The first-order chi connectivity index (χ1) is 14.6. The highest BCUT2D eigenvalue weighted by molar-refractivity contribution is 6.00. The van der Waals surface area contributed by atoms with Crippen molar-refractivity contribution in [3.63, 3.8) is 0 Å². The van der Waals surface area contributed by atoms with E-state index < -0.39 is 0 Å². The summed E-state index contributed by atoms with van der Waals surface area (Å²) in [4.78, 5) is 17.6. The van der Waals surface area contributed by atoms with E-state index in [-0.39, 0.29) is 17.1 Å². The van der Waals surface area contributed by atoms with Gasteiger partial charge in [-0.05, 0) is 108 Å². The predicted molar refractivity (Wildman–Crippen MR) is 118 cm³/mol. The second-order valence-corrected chi connectivity index (χ2v) is 10.2. The molecule has 0 radical (unpaired) electrons. The molecular weight excluding hydrogens is 377 g/mol. The van der Waals surface area contributed by atoms with Crippen LogP contribution in [-0.2, 0) is 4.79 Å². The summed E-state index contributed by atoms with van der Waals surface area (Å²) in [6.45, 7) is 6.04. The van der Waals surface area contributed by atoms with Crippen molar-refractivity contribution in [2.24, 2.45) is 5.41 Å². The number of carbonyl (C=O) groups excluding carboxylic acids is 1. The summed E-state index contributed by atoms with van der Waals surface area (Å²) < 4.78 is 15.1. The Balaban J connectivity index is 1.25. The van der Waals surface area contributed by atoms with Crippen molar-refractivity contribution in [2.75, 3.05) is 31.1 Å². The zero-order chi connectivity index (χ0) is 20.7. The quantitative estimate of drug-likeness (QED) is 0.796. The van der Waals surface area contributed by atoms with Crippen LogP contribution in [0.1, 0.15) is 76.2 Å². The van der Waals surface area contributed by atoms with Gasteiger partial charge >= 0.3 is 0 Å². The standard InChI is InChI=1S/C25H36FN3O/c1-18-3-2-15-28(18)21-7-4-19(5-8-21)20-6-9-23(22(26)17-20)29-16-12-25(24(29)30)10-13-27-14-11-25/h6,9,17-19,21,27H,2-5,7-8,10-16H2,1H3/t18-,19?,21?/m0/s1. The highest BCUT2D eigenvalue weighted by Crippen LogP contribution is 2.43. The van der Waals surface area contributed by atoms with E-state index in [0.717, 1.165) is 56.8 Å². The van der Waals surface area contributed by atoms with Crippen LogP contribution in [0, 0.1) is 11.2 Å². The Morgan fingerprint density at radius 3 is 2.47 bits per heavy atom. The van der Waals surface area contributed by atoms with E-state index >= 15 is 4.39 Å². The van der Waals surface area contributed by atoms with Crippen molar-refractivity contribution in [1.82, 2.24) is 10.2 Å². The van der Waals surface area contributed by atoms with Crippen LogP contribution in [0.25, 0.3) is 0 Å². The molecule has 3 heterocycles. The number of rotatable bonds is 3. The van der Waals surface area contributed by atoms with E-state index in [0.29, 0.717) is 24.2 Å². The second kappa shape index (κ2) is 8.23. The van der Waals surface area contributed by atoms with E-state index in [1.807, 2.05) is 6.07 Å². The summed E-state index contributed by atoms with van der Waals surface area (Å²) in [5.74, 6) is 0.366. The van der Waals surface area contributed by atoms with E-state index in [1.54, 1.807) is 11.0 Å². The third-order valence-electron chi connectivity index (χ3n) is 8.58. The van der Waals surface area contributed by atoms with Gasteiger partial charge in [-0.25, -0.2) is 4.39 Å². The summed E-state index contributed by atoms with van der Waals surface area (Å²) in [5.41, 5.74) is 1.34. The van der Waals surface area contributed by atoms with E-state index in [2.05, 4.69) is 23.2 Å². The Kier molecular flexibility index (Phi) is 5.61. The summed E-state index contributed by atoms with van der Waals surface area (Å²) >= 11 is 0. The highest BCUT2D eigenvalue weighted by atomic mass is 19.1. The van der Waals surface area contributed by atoms with Crippen molar-refractivity contribution in [1.29, 1.82) is 0 Å². The molecule has 1 aromatic rings. The lowest BCUT2D eigenvalue weighted by Gasteiger charge is -2.37. The molecule has 3 saturated heterocycles. The Bertz CT molecular complexity index is 783. The van der Waals surface area contributed by atoms with Crippen molar-refractivity contribution in [3.05, 3.63) is 29.6 Å². The number of carbonyl (C=O) groups is 1. The normalized spacial score (nSPS) is 32.3. The lowest BCUT2D eigenvalue weighted by atomic mass is 9.77. The molecule has 1 N–H and O–H groups in total. The summed E-state index contributed by atoms with van der Waals surface area (Å²) in [6.07, 6.45) is 10.0. The van der Waals surface area contributed by atoms with Crippen molar-refractivity contribution in [2.45, 2.75) is 82.7 Å². The third-order valence-corrected chi connectivity index (χ3v) is 8.58. The summed E-state index contributed by atoms with van der Waals surface area (Å²) in [6, 6.07) is 7.12. The van der Waals surface area contributed by atoms with Crippen molar-refractivity contribution < 1.29 is 9.18 Å². The maximum atomic E-state index is 15.1. The van der Waals surface area contributed by atoms with Gasteiger partial charge in [0.15, 0.2) is 0 Å². The minimum atomic E-state index is -0.262. The molecule has 4 aliphatic rings. The van der Waals surface area contributed by atoms with Crippen LogP contribution in [0.5, 0.6) is 0 Å². The predicted octanol–water partition coefficient (Wildman–Crippen LogP) is 4.44. The number of piperidine rings is 1. The molecule has 4 nitrogen and oxygen atoms in total. The number of nitrogens with zero attached hydrogens (tertiary/aromatic N) is 2. The molecular formula is C25H36FN3O. The van der Waals surface area contributed by atoms with Gasteiger partial charge in [0.2, 0.25) is 5.91 Å². The van der Waals surface area contributed by atoms with Gasteiger partial charge in [0.1, 0.15) is 5.82 Å². The fraction of sp³-hybridized carbons (Fsp3) is 0.720. The number of likely N-dealkylation sites (tertiary alicyclic amines) is 1. The average molecular weight is 414 g/mol. The third kappa shape index (κ3) is 3.58. The summed E-state index contributed by atoms with van der Waals surface area (Å²) in [5, 5.41) is 3.34. The van der Waals surface area contributed by atoms with Gasteiger partial charge in [-0.2, -0.15) is 0 Å². The Morgan fingerprint density at radius 2 is 1.80 bits per heavy atom. The van der Waals surface area contributed by atoms with Crippen LogP contribution in [-0.4, -0.2) is 49.1 Å². The first-order valence-electron chi connectivity index (χ1n) is 12.2. The number of halogens is 1. The SMILES string of the molecule is C[C@H]1CCCN1C1CCC(c2ccc(N3CCC4(CCNCC4)C3=O)c(F)c2)CC1. The number of hydrogen-bond donors (Lipinski definition) is 1. The van der Waals surface area contributed by atoms with Crippen LogP contribution in [0.4, 0.5) is 10.1 Å². The molecule has 1 spiro atoms. The van der Waals surface area contributed by atoms with E-state index in [1.165, 1.54) is 32.2 Å². The molecule has 3 aliphatic heterocycles. The Labute approximate surface area is 180 Å². The van der Waals surface area contributed by atoms with Crippen LogP contribution < -0.4 is 10.2 Å². The molecule has 30 heavy (non-hydrogen) atoms. The maximum absolute atomic E-state index is 15.1. The van der Waals surface area contributed by atoms with Gasteiger partial charge in [0.05, 0.1) is 11.1 Å². The topological polar surface area (TPSA) is 35.6 Å². The van der Waals surface area contributed by atoms with Gasteiger partial charge in [-0.3, -0.25) is 9.69 Å². The summed E-state index contributed by atoms with van der Waals surface area (Å²) in [7, 11) is 0. The molecule has 1 aliphatic carbocycles. The maximum Gasteiger partial charge on any atom is 0.233 e. The smallest absolute Gasteiger partial charge is 0.233 e. The van der Waals surface area contributed by atoms with Crippen molar-refractivity contribution in [3.8, 4) is 0 Å². The van der Waals surface area contributed by atoms with Crippen LogP contribution in [0.3, 0.4) is 0 Å². The molecule has 0 aromatic heterocycles. The molecule has 164 valence electrons. The first kappa shape index (κ1) is 20.4. The first-order valence-corrected chi connectivity index (χ1v) is 12.2. The molecule has 1 aromatic carbocycles. The molecule has 1 saturated carbocycles. The van der Waals surface area contributed by atoms with Gasteiger partial charge in [-0.1, -0.05) is 6.07 Å². The Hall–Kier alpha value is -1.46. The zero-order valence-electron chi connectivity index (χ0n) is 18.3. The number of hydrogen-bond acceptors (Lipinski definition) is 3. The van der Waals surface area contributed by atoms with E-state index in [9.17, 15) is 4.79 Å². The van der Waals surface area contributed by atoms with Gasteiger partial charge in [0, 0.05) is 18.6 Å².